The Kier molecular flexibility index (Phi) is 2.34. The van der Waals surface area contributed by atoms with Crippen LogP contribution < -0.4 is 4.74 Å². The van der Waals surface area contributed by atoms with E-state index in [4.69, 9.17) is 4.74 Å². The first-order valence-electron chi connectivity index (χ1n) is 4.40. The molecule has 2 rings (SSSR count). The van der Waals surface area contributed by atoms with Crippen molar-refractivity contribution < 1.29 is 14.6 Å². The van der Waals surface area contributed by atoms with Gasteiger partial charge in [0, 0.05) is 12.6 Å². The summed E-state index contributed by atoms with van der Waals surface area (Å²) in [5.74, 6) is 0.483. The number of halogens is 1. The van der Waals surface area contributed by atoms with Crippen LogP contribution in [0.15, 0.2) is 10.5 Å². The normalized spacial score (nSPS) is 14.3. The minimum atomic E-state index is -0.121. The van der Waals surface area contributed by atoms with Gasteiger partial charge in [0.2, 0.25) is 0 Å². The molecule has 0 atom stereocenters. The van der Waals surface area contributed by atoms with E-state index < -0.39 is 0 Å². The summed E-state index contributed by atoms with van der Waals surface area (Å²) >= 11 is 3.22. The van der Waals surface area contributed by atoms with E-state index >= 15 is 0 Å². The number of phenols is 1. The standard InChI is InChI=1S/C10H10BrNO3/c1-12-4-5-8(10(12)14)7(15-2)3-6(11)9(5)13/h3,13H,4H2,1-2H3. The van der Waals surface area contributed by atoms with Crippen molar-refractivity contribution in [3.8, 4) is 11.5 Å². The van der Waals surface area contributed by atoms with Gasteiger partial charge in [0.1, 0.15) is 11.5 Å². The van der Waals surface area contributed by atoms with Crippen LogP contribution in [-0.2, 0) is 6.54 Å². The molecule has 1 heterocycles. The van der Waals surface area contributed by atoms with Crippen molar-refractivity contribution in [1.29, 1.82) is 0 Å². The van der Waals surface area contributed by atoms with Crippen LogP contribution in [0, 0.1) is 0 Å². The highest BCUT2D eigenvalue weighted by atomic mass is 79.9. The molecule has 1 amide bonds. The molecule has 1 aromatic rings. The lowest BCUT2D eigenvalue weighted by atomic mass is 10.1. The number of hydrogen-bond donors (Lipinski definition) is 1. The maximum Gasteiger partial charge on any atom is 0.258 e. The maximum atomic E-state index is 11.8. The van der Waals surface area contributed by atoms with E-state index in [0.29, 0.717) is 27.9 Å². The average Bonchev–Trinajstić information content (AvgIpc) is 2.50. The molecule has 0 bridgehead atoms. The predicted molar refractivity (Wildman–Crippen MR) is 58.2 cm³/mol. The molecule has 0 spiro atoms. The van der Waals surface area contributed by atoms with Gasteiger partial charge >= 0.3 is 0 Å². The van der Waals surface area contributed by atoms with E-state index in [1.165, 1.54) is 7.11 Å². The molecule has 0 saturated heterocycles. The molecule has 0 fully saturated rings. The molecule has 0 saturated carbocycles. The second kappa shape index (κ2) is 3.41. The molecule has 5 heteroatoms. The Bertz CT molecular complexity index is 445. The highest BCUT2D eigenvalue weighted by Gasteiger charge is 2.31. The van der Waals surface area contributed by atoms with E-state index in [1.807, 2.05) is 0 Å². The lowest BCUT2D eigenvalue weighted by Gasteiger charge is -2.08. The molecule has 0 aliphatic carbocycles. The van der Waals surface area contributed by atoms with E-state index in [1.54, 1.807) is 18.0 Å². The largest absolute Gasteiger partial charge is 0.506 e. The second-order valence-electron chi connectivity index (χ2n) is 3.42. The van der Waals surface area contributed by atoms with Gasteiger partial charge < -0.3 is 14.7 Å². The summed E-state index contributed by atoms with van der Waals surface area (Å²) in [4.78, 5) is 13.3. The lowest BCUT2D eigenvalue weighted by Crippen LogP contribution is -2.17. The fourth-order valence-corrected chi connectivity index (χ4v) is 2.16. The van der Waals surface area contributed by atoms with Gasteiger partial charge in [0.05, 0.1) is 23.7 Å². The first-order chi connectivity index (χ1) is 7.06. The lowest BCUT2D eigenvalue weighted by molar-refractivity contribution is 0.0814. The topological polar surface area (TPSA) is 49.8 Å². The number of ether oxygens (including phenoxy) is 1. The Balaban J connectivity index is 2.71. The van der Waals surface area contributed by atoms with Crippen molar-refractivity contribution in [2.75, 3.05) is 14.2 Å². The smallest absolute Gasteiger partial charge is 0.258 e. The zero-order chi connectivity index (χ0) is 11.2. The molecule has 1 aromatic carbocycles. The molecule has 0 radical (unpaired) electrons. The third-order valence-electron chi connectivity index (χ3n) is 2.49. The number of methoxy groups -OCH3 is 1. The summed E-state index contributed by atoms with van der Waals surface area (Å²) in [6.45, 7) is 0.413. The molecule has 1 N–H and O–H groups in total. The van der Waals surface area contributed by atoms with Crippen LogP contribution in [0.5, 0.6) is 11.5 Å². The fourth-order valence-electron chi connectivity index (χ4n) is 1.72. The second-order valence-corrected chi connectivity index (χ2v) is 4.28. The van der Waals surface area contributed by atoms with Gasteiger partial charge in [0.25, 0.3) is 5.91 Å². The van der Waals surface area contributed by atoms with E-state index in [9.17, 15) is 9.90 Å². The predicted octanol–water partition coefficient (Wildman–Crippen LogP) is 1.75. The van der Waals surface area contributed by atoms with Gasteiger partial charge in [-0.1, -0.05) is 0 Å². The Hall–Kier alpha value is -1.23. The first kappa shape index (κ1) is 10.3. The molecule has 0 aromatic heterocycles. The molecular formula is C10H10BrNO3. The maximum absolute atomic E-state index is 11.8. The highest BCUT2D eigenvalue weighted by Crippen LogP contribution is 2.41. The first-order valence-corrected chi connectivity index (χ1v) is 5.19. The molecule has 1 aliphatic heterocycles. The summed E-state index contributed by atoms with van der Waals surface area (Å²) in [6.07, 6.45) is 0. The zero-order valence-corrected chi connectivity index (χ0v) is 9.96. The number of hydrogen-bond acceptors (Lipinski definition) is 3. The number of carbonyl (C=O) groups excluding carboxylic acids is 1. The van der Waals surface area contributed by atoms with Crippen molar-refractivity contribution in [1.82, 2.24) is 4.90 Å². The minimum Gasteiger partial charge on any atom is -0.506 e. The quantitative estimate of drug-likeness (QED) is 0.847. The molecule has 15 heavy (non-hydrogen) atoms. The molecular weight excluding hydrogens is 262 g/mol. The molecule has 80 valence electrons. The van der Waals surface area contributed by atoms with Crippen LogP contribution in [0.3, 0.4) is 0 Å². The Morgan fingerprint density at radius 2 is 2.27 bits per heavy atom. The van der Waals surface area contributed by atoms with Crippen LogP contribution in [0.4, 0.5) is 0 Å². The Morgan fingerprint density at radius 1 is 1.60 bits per heavy atom. The van der Waals surface area contributed by atoms with Gasteiger partial charge in [-0.25, -0.2) is 0 Å². The summed E-state index contributed by atoms with van der Waals surface area (Å²) in [6, 6.07) is 1.60. The minimum absolute atomic E-state index is 0.114. The highest BCUT2D eigenvalue weighted by molar-refractivity contribution is 9.10. The number of nitrogens with zero attached hydrogens (tertiary/aromatic N) is 1. The Labute approximate surface area is 95.6 Å². The van der Waals surface area contributed by atoms with Gasteiger partial charge in [0.15, 0.2) is 0 Å². The number of phenolic OH excluding ortho intramolecular Hbond substituents is 1. The van der Waals surface area contributed by atoms with Crippen LogP contribution in [0.25, 0.3) is 0 Å². The van der Waals surface area contributed by atoms with Gasteiger partial charge in [-0.05, 0) is 22.0 Å². The number of carbonyl (C=O) groups is 1. The van der Waals surface area contributed by atoms with E-state index in [0.717, 1.165) is 0 Å². The van der Waals surface area contributed by atoms with Crippen LogP contribution in [0.2, 0.25) is 0 Å². The monoisotopic (exact) mass is 271 g/mol. The molecule has 4 nitrogen and oxygen atoms in total. The number of amides is 1. The molecule has 0 unspecified atom stereocenters. The SMILES string of the molecule is COc1cc(Br)c(O)c2c1C(=O)N(C)C2. The van der Waals surface area contributed by atoms with E-state index in [-0.39, 0.29) is 11.7 Å². The zero-order valence-electron chi connectivity index (χ0n) is 8.37. The number of aromatic hydroxyl groups is 1. The van der Waals surface area contributed by atoms with Crippen molar-refractivity contribution in [3.05, 3.63) is 21.7 Å². The van der Waals surface area contributed by atoms with Gasteiger partial charge in [-0.3, -0.25) is 4.79 Å². The van der Waals surface area contributed by atoms with Gasteiger partial charge in [-0.2, -0.15) is 0 Å². The van der Waals surface area contributed by atoms with Crippen molar-refractivity contribution in [3.63, 3.8) is 0 Å². The van der Waals surface area contributed by atoms with Crippen molar-refractivity contribution in [2.45, 2.75) is 6.54 Å². The van der Waals surface area contributed by atoms with Crippen molar-refractivity contribution in [2.24, 2.45) is 0 Å². The third-order valence-corrected chi connectivity index (χ3v) is 3.10. The van der Waals surface area contributed by atoms with Crippen molar-refractivity contribution >= 4 is 21.8 Å². The fraction of sp³-hybridized carbons (Fsp3) is 0.300. The van der Waals surface area contributed by atoms with Gasteiger partial charge in [-0.15, -0.1) is 0 Å². The van der Waals surface area contributed by atoms with Crippen LogP contribution in [-0.4, -0.2) is 30.1 Å². The summed E-state index contributed by atoms with van der Waals surface area (Å²) in [5, 5.41) is 9.79. The van der Waals surface area contributed by atoms with Crippen LogP contribution in [0.1, 0.15) is 15.9 Å². The summed E-state index contributed by atoms with van der Waals surface area (Å²) in [7, 11) is 3.19. The number of rotatable bonds is 1. The molecule has 1 aliphatic rings. The van der Waals surface area contributed by atoms with E-state index in [2.05, 4.69) is 15.9 Å². The van der Waals surface area contributed by atoms with Crippen LogP contribution >= 0.6 is 15.9 Å². The number of benzene rings is 1. The third kappa shape index (κ3) is 1.38. The Morgan fingerprint density at radius 3 is 2.87 bits per heavy atom. The summed E-state index contributed by atoms with van der Waals surface area (Å²) in [5.41, 5.74) is 1.08. The summed E-state index contributed by atoms with van der Waals surface area (Å²) < 4.78 is 5.67. The number of fused-ring (bicyclic) bond motifs is 1. The average molecular weight is 272 g/mol.